The molecular weight excluding hydrogens is 360 g/mol. The summed E-state index contributed by atoms with van der Waals surface area (Å²) in [6.07, 6.45) is 7.65. The number of amides is 1. The van der Waals surface area contributed by atoms with Crippen molar-refractivity contribution >= 4 is 11.6 Å². The summed E-state index contributed by atoms with van der Waals surface area (Å²) in [6.45, 7) is 3.92. The molecule has 0 N–H and O–H groups in total. The van der Waals surface area contributed by atoms with E-state index in [1.165, 1.54) is 4.68 Å². The average Bonchev–Trinajstić information content (AvgIpc) is 3.25. The van der Waals surface area contributed by atoms with Crippen LogP contribution in [0.5, 0.6) is 0 Å². The SMILES string of the molecule is COC1CCCOC12CCN(C(=O)Cn1ncc(N3CCCC3)cc1=O)CC2. The Bertz CT molecular complexity index is 751. The van der Waals surface area contributed by atoms with E-state index in [1.54, 1.807) is 19.4 Å². The monoisotopic (exact) mass is 390 g/mol. The Kier molecular flexibility index (Phi) is 5.68. The molecular formula is C20H30N4O4. The standard InChI is InChI=1S/C20H30N4O4/c1-27-17-5-4-12-28-20(17)6-10-23(11-7-20)19(26)15-24-18(25)13-16(14-21-24)22-8-2-3-9-22/h13-14,17H,2-12,15H2,1H3. The van der Waals surface area contributed by atoms with E-state index in [1.807, 2.05) is 4.90 Å². The number of nitrogens with zero attached hydrogens (tertiary/aromatic N) is 4. The van der Waals surface area contributed by atoms with Crippen molar-refractivity contribution in [3.63, 3.8) is 0 Å². The highest BCUT2D eigenvalue weighted by Gasteiger charge is 2.45. The summed E-state index contributed by atoms with van der Waals surface area (Å²) in [7, 11) is 1.74. The number of hydrogen-bond acceptors (Lipinski definition) is 6. The van der Waals surface area contributed by atoms with Gasteiger partial charge in [0.25, 0.3) is 5.56 Å². The molecule has 1 aromatic rings. The van der Waals surface area contributed by atoms with Crippen LogP contribution in [0.25, 0.3) is 0 Å². The van der Waals surface area contributed by atoms with Crippen molar-refractivity contribution in [2.24, 2.45) is 0 Å². The first-order valence-electron chi connectivity index (χ1n) is 10.4. The molecule has 0 saturated carbocycles. The van der Waals surface area contributed by atoms with Gasteiger partial charge in [0, 0.05) is 46.0 Å². The summed E-state index contributed by atoms with van der Waals surface area (Å²) < 4.78 is 13.0. The Balaban J connectivity index is 1.36. The van der Waals surface area contributed by atoms with Crippen LogP contribution in [0.1, 0.15) is 38.5 Å². The minimum absolute atomic E-state index is 0.0132. The molecule has 3 fully saturated rings. The number of carbonyl (C=O) groups excluding carboxylic acids is 1. The number of hydrogen-bond donors (Lipinski definition) is 0. The lowest BCUT2D eigenvalue weighted by Crippen LogP contribution is -2.57. The third-order valence-electron chi connectivity index (χ3n) is 6.45. The van der Waals surface area contributed by atoms with Gasteiger partial charge < -0.3 is 19.3 Å². The molecule has 3 aliphatic rings. The summed E-state index contributed by atoms with van der Waals surface area (Å²) in [5, 5.41) is 4.24. The van der Waals surface area contributed by atoms with Gasteiger partial charge in [0.05, 0.1) is 23.6 Å². The Morgan fingerprint density at radius 3 is 2.68 bits per heavy atom. The molecule has 0 radical (unpaired) electrons. The first kappa shape index (κ1) is 19.4. The third kappa shape index (κ3) is 3.80. The maximum Gasteiger partial charge on any atom is 0.269 e. The third-order valence-corrected chi connectivity index (χ3v) is 6.45. The van der Waals surface area contributed by atoms with Gasteiger partial charge in [0.15, 0.2) is 0 Å². The van der Waals surface area contributed by atoms with Crippen molar-refractivity contribution in [3.05, 3.63) is 22.6 Å². The number of anilines is 1. The number of rotatable bonds is 4. The number of methoxy groups -OCH3 is 1. The number of likely N-dealkylation sites (tertiary alicyclic amines) is 1. The van der Waals surface area contributed by atoms with Crippen molar-refractivity contribution in [3.8, 4) is 0 Å². The van der Waals surface area contributed by atoms with Crippen molar-refractivity contribution in [2.45, 2.75) is 56.8 Å². The molecule has 1 unspecified atom stereocenters. The Morgan fingerprint density at radius 1 is 1.25 bits per heavy atom. The van der Waals surface area contributed by atoms with E-state index < -0.39 is 0 Å². The molecule has 28 heavy (non-hydrogen) atoms. The summed E-state index contributed by atoms with van der Waals surface area (Å²) in [6, 6.07) is 1.59. The first-order chi connectivity index (χ1) is 13.6. The molecule has 1 atom stereocenters. The highest BCUT2D eigenvalue weighted by atomic mass is 16.5. The zero-order valence-corrected chi connectivity index (χ0v) is 16.6. The van der Waals surface area contributed by atoms with Gasteiger partial charge >= 0.3 is 0 Å². The van der Waals surface area contributed by atoms with E-state index >= 15 is 0 Å². The largest absolute Gasteiger partial charge is 0.378 e. The van der Waals surface area contributed by atoms with Gasteiger partial charge in [-0.25, -0.2) is 4.68 Å². The fraction of sp³-hybridized carbons (Fsp3) is 0.750. The Morgan fingerprint density at radius 2 is 2.00 bits per heavy atom. The maximum atomic E-state index is 12.7. The second-order valence-corrected chi connectivity index (χ2v) is 8.06. The van der Waals surface area contributed by atoms with E-state index in [9.17, 15) is 9.59 Å². The van der Waals surface area contributed by atoms with Crippen LogP contribution < -0.4 is 10.5 Å². The number of ether oxygens (including phenoxy) is 2. The fourth-order valence-corrected chi connectivity index (χ4v) is 4.75. The predicted molar refractivity (Wildman–Crippen MR) is 104 cm³/mol. The zero-order valence-electron chi connectivity index (χ0n) is 16.6. The smallest absolute Gasteiger partial charge is 0.269 e. The molecule has 3 saturated heterocycles. The lowest BCUT2D eigenvalue weighted by molar-refractivity contribution is -0.188. The van der Waals surface area contributed by atoms with E-state index in [2.05, 4.69) is 10.00 Å². The highest BCUT2D eigenvalue weighted by molar-refractivity contribution is 5.76. The van der Waals surface area contributed by atoms with Crippen LogP contribution in [-0.2, 0) is 20.8 Å². The van der Waals surface area contributed by atoms with Gasteiger partial charge in [0.1, 0.15) is 6.54 Å². The zero-order chi connectivity index (χ0) is 19.6. The lowest BCUT2D eigenvalue weighted by atomic mass is 9.82. The van der Waals surface area contributed by atoms with Crippen molar-refractivity contribution < 1.29 is 14.3 Å². The van der Waals surface area contributed by atoms with Crippen LogP contribution in [0.15, 0.2) is 17.1 Å². The normalized spacial score (nSPS) is 24.7. The maximum absolute atomic E-state index is 12.7. The molecule has 4 rings (SSSR count). The number of aromatic nitrogens is 2. The molecule has 4 heterocycles. The molecule has 1 amide bonds. The van der Waals surface area contributed by atoms with Gasteiger partial charge in [-0.3, -0.25) is 9.59 Å². The van der Waals surface area contributed by atoms with Crippen LogP contribution in [0.2, 0.25) is 0 Å². The molecule has 154 valence electrons. The van der Waals surface area contributed by atoms with E-state index in [4.69, 9.17) is 9.47 Å². The van der Waals surface area contributed by atoms with Gasteiger partial charge in [-0.05, 0) is 38.5 Å². The molecule has 0 aromatic carbocycles. The van der Waals surface area contributed by atoms with E-state index in [-0.39, 0.29) is 29.7 Å². The lowest BCUT2D eigenvalue weighted by Gasteiger charge is -2.48. The molecule has 1 spiro atoms. The van der Waals surface area contributed by atoms with Gasteiger partial charge in [-0.2, -0.15) is 5.10 Å². The minimum atomic E-state index is -0.268. The summed E-state index contributed by atoms with van der Waals surface area (Å²) >= 11 is 0. The van der Waals surface area contributed by atoms with E-state index in [0.717, 1.165) is 63.9 Å². The van der Waals surface area contributed by atoms with Crippen molar-refractivity contribution in [1.82, 2.24) is 14.7 Å². The molecule has 1 aromatic heterocycles. The van der Waals surface area contributed by atoms with Crippen molar-refractivity contribution in [1.29, 1.82) is 0 Å². The second kappa shape index (κ2) is 8.21. The van der Waals surface area contributed by atoms with Gasteiger partial charge in [-0.1, -0.05) is 0 Å². The number of carbonyl (C=O) groups is 1. The molecule has 3 aliphatic heterocycles. The summed E-state index contributed by atoms with van der Waals surface area (Å²) in [4.78, 5) is 29.1. The number of piperidine rings is 1. The van der Waals surface area contributed by atoms with Crippen LogP contribution in [-0.4, -0.2) is 72.2 Å². The first-order valence-corrected chi connectivity index (χ1v) is 10.4. The van der Waals surface area contributed by atoms with Crippen LogP contribution in [0.3, 0.4) is 0 Å². The van der Waals surface area contributed by atoms with Crippen LogP contribution >= 0.6 is 0 Å². The van der Waals surface area contributed by atoms with E-state index in [0.29, 0.717) is 13.1 Å². The molecule has 8 nitrogen and oxygen atoms in total. The minimum Gasteiger partial charge on any atom is -0.378 e. The van der Waals surface area contributed by atoms with Crippen LogP contribution in [0, 0.1) is 0 Å². The molecule has 0 aliphatic carbocycles. The summed E-state index contributed by atoms with van der Waals surface area (Å²) in [5.74, 6) is -0.0665. The van der Waals surface area contributed by atoms with Gasteiger partial charge in [0.2, 0.25) is 5.91 Å². The quantitative estimate of drug-likeness (QED) is 0.764. The highest BCUT2D eigenvalue weighted by Crippen LogP contribution is 2.36. The van der Waals surface area contributed by atoms with Crippen molar-refractivity contribution in [2.75, 3.05) is 44.8 Å². The molecule has 0 bridgehead atoms. The Hall–Kier alpha value is -1.93. The van der Waals surface area contributed by atoms with Crippen LogP contribution in [0.4, 0.5) is 5.69 Å². The topological polar surface area (TPSA) is 76.9 Å². The summed E-state index contributed by atoms with van der Waals surface area (Å²) in [5.41, 5.74) is 0.364. The van der Waals surface area contributed by atoms with Gasteiger partial charge in [-0.15, -0.1) is 0 Å². The Labute approximate surface area is 165 Å². The second-order valence-electron chi connectivity index (χ2n) is 8.06. The fourth-order valence-electron chi connectivity index (χ4n) is 4.75. The average molecular weight is 390 g/mol. The predicted octanol–water partition coefficient (Wildman–Crippen LogP) is 1.03. The molecule has 8 heteroatoms.